The van der Waals surface area contributed by atoms with Gasteiger partial charge < -0.3 is 10.1 Å². The molecule has 0 saturated heterocycles. The van der Waals surface area contributed by atoms with Crippen molar-refractivity contribution >= 4 is 39.5 Å². The van der Waals surface area contributed by atoms with E-state index in [1.807, 2.05) is 31.2 Å². The number of anilines is 1. The lowest BCUT2D eigenvalue weighted by Crippen LogP contribution is -2.20. The largest absolute Gasteiger partial charge is 0.482 e. The van der Waals surface area contributed by atoms with Gasteiger partial charge in [0.05, 0.1) is 5.02 Å². The molecular formula is C19H16ClN5O2S. The summed E-state index contributed by atoms with van der Waals surface area (Å²) >= 11 is 7.48. The molecule has 0 aliphatic carbocycles. The number of hydrogen-bond acceptors (Lipinski definition) is 6. The number of nitrogens with one attached hydrogen (secondary N) is 1. The zero-order chi connectivity index (χ0) is 19.5. The zero-order valence-corrected chi connectivity index (χ0v) is 16.5. The first kappa shape index (κ1) is 18.4. The highest BCUT2D eigenvalue weighted by atomic mass is 35.5. The van der Waals surface area contributed by atoms with Gasteiger partial charge in [-0.05, 0) is 36.4 Å². The Bertz CT molecular complexity index is 1120. The van der Waals surface area contributed by atoms with Crippen LogP contribution in [0.4, 0.5) is 5.69 Å². The maximum Gasteiger partial charge on any atom is 0.262 e. The van der Waals surface area contributed by atoms with E-state index in [1.165, 1.54) is 11.3 Å². The van der Waals surface area contributed by atoms with E-state index in [2.05, 4.69) is 20.6 Å². The summed E-state index contributed by atoms with van der Waals surface area (Å²) < 4.78 is 7.21. The van der Waals surface area contributed by atoms with Crippen molar-refractivity contribution in [3.63, 3.8) is 0 Å². The van der Waals surface area contributed by atoms with E-state index >= 15 is 0 Å². The van der Waals surface area contributed by atoms with Crippen molar-refractivity contribution in [2.75, 3.05) is 11.9 Å². The quantitative estimate of drug-likeness (QED) is 0.515. The van der Waals surface area contributed by atoms with Gasteiger partial charge in [0.15, 0.2) is 12.4 Å². The number of para-hydroxylation sites is 1. The van der Waals surface area contributed by atoms with Crippen LogP contribution in [0.5, 0.6) is 5.75 Å². The first-order valence-corrected chi connectivity index (χ1v) is 9.82. The number of rotatable bonds is 6. The Morgan fingerprint density at radius 2 is 1.96 bits per heavy atom. The third-order valence-electron chi connectivity index (χ3n) is 3.98. The van der Waals surface area contributed by atoms with E-state index in [4.69, 9.17) is 16.3 Å². The van der Waals surface area contributed by atoms with E-state index in [-0.39, 0.29) is 12.5 Å². The monoisotopic (exact) mass is 413 g/mol. The summed E-state index contributed by atoms with van der Waals surface area (Å²) in [6.45, 7) is 1.89. The van der Waals surface area contributed by atoms with Crippen LogP contribution >= 0.6 is 22.9 Å². The summed E-state index contributed by atoms with van der Waals surface area (Å²) in [5, 5.41) is 16.9. The predicted molar refractivity (Wildman–Crippen MR) is 109 cm³/mol. The molecule has 0 radical (unpaired) electrons. The van der Waals surface area contributed by atoms with Gasteiger partial charge >= 0.3 is 0 Å². The number of aromatic nitrogens is 4. The lowest BCUT2D eigenvalue weighted by Gasteiger charge is -2.09. The average molecular weight is 414 g/mol. The van der Waals surface area contributed by atoms with Crippen LogP contribution in [-0.2, 0) is 11.2 Å². The highest BCUT2D eigenvalue weighted by Gasteiger charge is 2.12. The van der Waals surface area contributed by atoms with Crippen molar-refractivity contribution in [1.82, 2.24) is 19.8 Å². The molecule has 1 N–H and O–H groups in total. The Hall–Kier alpha value is -2.97. The first-order valence-electron chi connectivity index (χ1n) is 8.63. The number of amides is 1. The van der Waals surface area contributed by atoms with Crippen LogP contribution in [0.25, 0.3) is 15.5 Å². The molecule has 0 bridgehead atoms. The number of hydrogen-bond donors (Lipinski definition) is 1. The van der Waals surface area contributed by atoms with Crippen LogP contribution < -0.4 is 10.1 Å². The molecule has 0 unspecified atom stereocenters. The molecule has 0 fully saturated rings. The Morgan fingerprint density at radius 1 is 1.18 bits per heavy atom. The van der Waals surface area contributed by atoms with Gasteiger partial charge in [-0.3, -0.25) is 4.79 Å². The van der Waals surface area contributed by atoms with Crippen LogP contribution in [0.1, 0.15) is 12.7 Å². The lowest BCUT2D eigenvalue weighted by molar-refractivity contribution is -0.118. The van der Waals surface area contributed by atoms with Crippen molar-refractivity contribution < 1.29 is 9.53 Å². The summed E-state index contributed by atoms with van der Waals surface area (Å²) in [5.74, 6) is 1.04. The third-order valence-corrected chi connectivity index (χ3v) is 5.24. The van der Waals surface area contributed by atoms with Crippen LogP contribution in [0.3, 0.4) is 0 Å². The Labute approximate surface area is 169 Å². The van der Waals surface area contributed by atoms with Crippen molar-refractivity contribution in [1.29, 1.82) is 0 Å². The fourth-order valence-electron chi connectivity index (χ4n) is 2.59. The Morgan fingerprint density at radius 3 is 2.71 bits per heavy atom. The van der Waals surface area contributed by atoms with Gasteiger partial charge in [0, 0.05) is 17.7 Å². The fourth-order valence-corrected chi connectivity index (χ4v) is 3.65. The second-order valence-corrected chi connectivity index (χ2v) is 7.28. The molecule has 0 saturated carbocycles. The number of fused-ring (bicyclic) bond motifs is 1. The number of nitrogens with zero attached hydrogens (tertiary/aromatic N) is 4. The molecule has 0 aliphatic heterocycles. The summed E-state index contributed by atoms with van der Waals surface area (Å²) in [4.78, 5) is 12.9. The van der Waals surface area contributed by atoms with Crippen LogP contribution in [0.15, 0.2) is 48.5 Å². The number of ether oxygens (including phenoxy) is 1. The fraction of sp³-hybridized carbons (Fsp3) is 0.158. The van der Waals surface area contributed by atoms with Gasteiger partial charge in [-0.2, -0.15) is 9.61 Å². The molecule has 2 aromatic heterocycles. The highest BCUT2D eigenvalue weighted by molar-refractivity contribution is 7.19. The van der Waals surface area contributed by atoms with Crippen molar-refractivity contribution in [2.24, 2.45) is 0 Å². The van der Waals surface area contributed by atoms with E-state index in [0.29, 0.717) is 16.5 Å². The Kier molecular flexibility index (Phi) is 5.23. The molecule has 0 spiro atoms. The van der Waals surface area contributed by atoms with E-state index in [1.54, 1.807) is 28.8 Å². The standard InChI is InChI=1S/C19H16ClN5O2S/c1-2-16-22-23-19-25(16)24-18(28-19)12-7-9-13(10-8-12)21-17(26)11-27-15-6-4-3-5-14(15)20/h3-10H,2,11H2,1H3,(H,21,26). The molecule has 28 heavy (non-hydrogen) atoms. The number of benzene rings is 2. The van der Waals surface area contributed by atoms with Gasteiger partial charge in [-0.25, -0.2) is 0 Å². The Balaban J connectivity index is 1.40. The van der Waals surface area contributed by atoms with E-state index in [0.717, 1.165) is 27.8 Å². The second-order valence-electron chi connectivity index (χ2n) is 5.92. The lowest BCUT2D eigenvalue weighted by atomic mass is 10.2. The number of carbonyl (C=O) groups is 1. The number of carbonyl (C=O) groups excluding carboxylic acids is 1. The van der Waals surface area contributed by atoms with Crippen LogP contribution in [0.2, 0.25) is 5.02 Å². The first-order chi connectivity index (χ1) is 13.6. The summed E-state index contributed by atoms with van der Waals surface area (Å²) in [5.41, 5.74) is 1.62. The second kappa shape index (κ2) is 7.95. The van der Waals surface area contributed by atoms with Crippen LogP contribution in [-0.4, -0.2) is 32.3 Å². The van der Waals surface area contributed by atoms with Crippen molar-refractivity contribution in [3.8, 4) is 16.3 Å². The molecule has 0 atom stereocenters. The van der Waals surface area contributed by atoms with Gasteiger partial charge in [0.1, 0.15) is 10.8 Å². The average Bonchev–Trinajstić information content (AvgIpc) is 3.28. The molecule has 4 rings (SSSR count). The maximum atomic E-state index is 12.1. The molecule has 1 amide bonds. The van der Waals surface area contributed by atoms with Gasteiger partial charge in [-0.1, -0.05) is 42.0 Å². The smallest absolute Gasteiger partial charge is 0.262 e. The molecule has 0 aliphatic rings. The maximum absolute atomic E-state index is 12.1. The van der Waals surface area contributed by atoms with Crippen molar-refractivity contribution in [3.05, 3.63) is 59.4 Å². The van der Waals surface area contributed by atoms with E-state index < -0.39 is 0 Å². The predicted octanol–water partition coefficient (Wildman–Crippen LogP) is 4.09. The molecule has 142 valence electrons. The van der Waals surface area contributed by atoms with Crippen LogP contribution in [0, 0.1) is 0 Å². The molecular weight excluding hydrogens is 398 g/mol. The van der Waals surface area contributed by atoms with E-state index in [9.17, 15) is 4.79 Å². The SMILES string of the molecule is CCc1nnc2sc(-c3ccc(NC(=O)COc4ccccc4Cl)cc3)nn12. The normalized spacial score (nSPS) is 10.9. The zero-order valence-electron chi connectivity index (χ0n) is 14.9. The third kappa shape index (κ3) is 3.83. The topological polar surface area (TPSA) is 81.4 Å². The molecule has 7 nitrogen and oxygen atoms in total. The molecule has 2 heterocycles. The molecule has 9 heteroatoms. The molecule has 2 aromatic carbocycles. The summed E-state index contributed by atoms with van der Waals surface area (Å²) in [7, 11) is 0. The van der Waals surface area contributed by atoms with Gasteiger partial charge in [0.2, 0.25) is 4.96 Å². The minimum atomic E-state index is -0.265. The molecule has 4 aromatic rings. The van der Waals surface area contributed by atoms with Gasteiger partial charge in [0.25, 0.3) is 5.91 Å². The number of aryl methyl sites for hydroxylation is 1. The summed E-state index contributed by atoms with van der Waals surface area (Å²) in [6.07, 6.45) is 0.769. The van der Waals surface area contributed by atoms with Crippen molar-refractivity contribution in [2.45, 2.75) is 13.3 Å². The minimum absolute atomic E-state index is 0.123. The summed E-state index contributed by atoms with van der Waals surface area (Å²) in [6, 6.07) is 14.5. The number of halogens is 1. The minimum Gasteiger partial charge on any atom is -0.482 e. The van der Waals surface area contributed by atoms with Gasteiger partial charge in [-0.15, -0.1) is 10.2 Å². The highest BCUT2D eigenvalue weighted by Crippen LogP contribution is 2.27.